The highest BCUT2D eigenvalue weighted by molar-refractivity contribution is 6.02. The maximum Gasteiger partial charge on any atom is 0.271 e. The van der Waals surface area contributed by atoms with Crippen molar-refractivity contribution < 1.29 is 9.53 Å². The summed E-state index contributed by atoms with van der Waals surface area (Å²) < 4.78 is 7.72. The van der Waals surface area contributed by atoms with Gasteiger partial charge in [0.2, 0.25) is 0 Å². The smallest absolute Gasteiger partial charge is 0.271 e. The van der Waals surface area contributed by atoms with Crippen molar-refractivity contribution >= 4 is 23.0 Å². The molecule has 0 saturated heterocycles. The van der Waals surface area contributed by atoms with Gasteiger partial charge < -0.3 is 9.30 Å². The number of hydrogen-bond donors (Lipinski definition) is 1. The Labute approximate surface area is 165 Å². The zero-order chi connectivity index (χ0) is 19.9. The molecular formula is C23H25N3O2. The van der Waals surface area contributed by atoms with Crippen LogP contribution in [0.3, 0.4) is 0 Å². The standard InChI is InChI=1S/C23H25N3O2/c1-4-14-26-17(3)21(20-8-6-7-9-22(20)26)16-24-25-23(27)18-10-12-19(13-11-18)28-15-5-2/h4,6-13,16H,1,5,14-15H2,2-3H3,(H,25,27)/b24-16-. The normalized spacial score (nSPS) is 11.1. The van der Waals surface area contributed by atoms with Gasteiger partial charge in [-0.25, -0.2) is 5.43 Å². The van der Waals surface area contributed by atoms with Crippen molar-refractivity contribution in [1.82, 2.24) is 9.99 Å². The minimum absolute atomic E-state index is 0.259. The fourth-order valence-corrected chi connectivity index (χ4v) is 3.13. The number of carbonyl (C=O) groups is 1. The Bertz CT molecular complexity index is 1000. The van der Waals surface area contributed by atoms with E-state index in [2.05, 4.69) is 40.7 Å². The van der Waals surface area contributed by atoms with E-state index in [-0.39, 0.29) is 5.91 Å². The maximum absolute atomic E-state index is 12.3. The molecule has 0 aliphatic carbocycles. The monoisotopic (exact) mass is 375 g/mol. The van der Waals surface area contributed by atoms with Crippen LogP contribution >= 0.6 is 0 Å². The lowest BCUT2D eigenvalue weighted by Gasteiger charge is -2.05. The van der Waals surface area contributed by atoms with E-state index in [0.717, 1.165) is 40.9 Å². The number of aromatic nitrogens is 1. The van der Waals surface area contributed by atoms with E-state index >= 15 is 0 Å². The van der Waals surface area contributed by atoms with Crippen molar-refractivity contribution in [3.05, 3.63) is 78.0 Å². The molecular weight excluding hydrogens is 350 g/mol. The molecule has 0 aliphatic rings. The second-order valence-electron chi connectivity index (χ2n) is 6.49. The molecule has 144 valence electrons. The molecule has 3 rings (SSSR count). The lowest BCUT2D eigenvalue weighted by Crippen LogP contribution is -2.17. The number of hydrazone groups is 1. The predicted octanol–water partition coefficient (Wildman–Crippen LogP) is 4.69. The number of nitrogens with zero attached hydrogens (tertiary/aromatic N) is 2. The number of para-hydroxylation sites is 1. The van der Waals surface area contributed by atoms with Crippen molar-refractivity contribution in [2.24, 2.45) is 5.10 Å². The molecule has 1 N–H and O–H groups in total. The average Bonchev–Trinajstić information content (AvgIpc) is 2.99. The number of fused-ring (bicyclic) bond motifs is 1. The summed E-state index contributed by atoms with van der Waals surface area (Å²) in [6, 6.07) is 15.2. The average molecular weight is 375 g/mol. The second kappa shape index (κ2) is 9.04. The topological polar surface area (TPSA) is 55.6 Å². The third-order valence-electron chi connectivity index (χ3n) is 4.54. The summed E-state index contributed by atoms with van der Waals surface area (Å²) in [5, 5.41) is 5.27. The summed E-state index contributed by atoms with van der Waals surface area (Å²) in [5.41, 5.74) is 6.33. The van der Waals surface area contributed by atoms with Crippen molar-refractivity contribution in [3.8, 4) is 5.75 Å². The van der Waals surface area contributed by atoms with E-state index in [1.165, 1.54) is 0 Å². The summed E-state index contributed by atoms with van der Waals surface area (Å²) in [4.78, 5) is 12.3. The number of benzene rings is 2. The van der Waals surface area contributed by atoms with Crippen LogP contribution in [0.25, 0.3) is 10.9 Å². The van der Waals surface area contributed by atoms with Crippen molar-refractivity contribution in [3.63, 3.8) is 0 Å². The van der Waals surface area contributed by atoms with Crippen LogP contribution in [-0.4, -0.2) is 23.3 Å². The molecule has 28 heavy (non-hydrogen) atoms. The summed E-state index contributed by atoms with van der Waals surface area (Å²) in [7, 11) is 0. The van der Waals surface area contributed by atoms with Gasteiger partial charge in [0.1, 0.15) is 5.75 Å². The minimum Gasteiger partial charge on any atom is -0.494 e. The van der Waals surface area contributed by atoms with Crippen LogP contribution in [0.5, 0.6) is 5.75 Å². The summed E-state index contributed by atoms with van der Waals surface area (Å²) in [5.74, 6) is 0.498. The van der Waals surface area contributed by atoms with Gasteiger partial charge in [0.15, 0.2) is 0 Å². The predicted molar refractivity (Wildman–Crippen MR) is 114 cm³/mol. The van der Waals surface area contributed by atoms with Gasteiger partial charge in [-0.3, -0.25) is 4.79 Å². The van der Waals surface area contributed by atoms with Gasteiger partial charge in [0.05, 0.1) is 12.8 Å². The molecule has 0 unspecified atom stereocenters. The van der Waals surface area contributed by atoms with Crippen LogP contribution in [0.1, 0.15) is 35.0 Å². The van der Waals surface area contributed by atoms with Crippen LogP contribution in [0.15, 0.2) is 66.3 Å². The molecule has 0 fully saturated rings. The van der Waals surface area contributed by atoms with Gasteiger partial charge in [-0.1, -0.05) is 31.2 Å². The van der Waals surface area contributed by atoms with Gasteiger partial charge >= 0.3 is 0 Å². The Morgan fingerprint density at radius 2 is 1.96 bits per heavy atom. The zero-order valence-electron chi connectivity index (χ0n) is 16.3. The van der Waals surface area contributed by atoms with Gasteiger partial charge in [0.25, 0.3) is 5.91 Å². The fourth-order valence-electron chi connectivity index (χ4n) is 3.13. The Morgan fingerprint density at radius 3 is 2.68 bits per heavy atom. The number of rotatable bonds is 8. The number of carbonyl (C=O) groups excluding carboxylic acids is 1. The quantitative estimate of drug-likeness (QED) is 0.353. The highest BCUT2D eigenvalue weighted by atomic mass is 16.5. The van der Waals surface area contributed by atoms with Gasteiger partial charge in [-0.2, -0.15) is 5.10 Å². The first kappa shape index (κ1) is 19.4. The van der Waals surface area contributed by atoms with Crippen LogP contribution < -0.4 is 10.2 Å². The highest BCUT2D eigenvalue weighted by Gasteiger charge is 2.11. The van der Waals surface area contributed by atoms with Gasteiger partial charge in [-0.15, -0.1) is 6.58 Å². The van der Waals surface area contributed by atoms with Gasteiger partial charge in [0, 0.05) is 34.3 Å². The van der Waals surface area contributed by atoms with E-state index in [0.29, 0.717) is 12.2 Å². The first-order valence-electron chi connectivity index (χ1n) is 9.40. The Kier molecular flexibility index (Phi) is 6.27. The first-order chi connectivity index (χ1) is 13.7. The third-order valence-corrected chi connectivity index (χ3v) is 4.54. The lowest BCUT2D eigenvalue weighted by atomic mass is 10.1. The third kappa shape index (κ3) is 4.14. The summed E-state index contributed by atoms with van der Waals surface area (Å²) in [6.07, 6.45) is 4.52. The Balaban J connectivity index is 1.75. The molecule has 5 nitrogen and oxygen atoms in total. The van der Waals surface area contributed by atoms with Crippen LogP contribution in [0.2, 0.25) is 0 Å². The summed E-state index contributed by atoms with van der Waals surface area (Å²) in [6.45, 7) is 9.31. The van der Waals surface area contributed by atoms with E-state index in [1.807, 2.05) is 25.1 Å². The Morgan fingerprint density at radius 1 is 1.21 bits per heavy atom. The molecule has 3 aromatic rings. The molecule has 5 heteroatoms. The minimum atomic E-state index is -0.259. The second-order valence-corrected chi connectivity index (χ2v) is 6.49. The number of nitrogens with one attached hydrogen (secondary N) is 1. The molecule has 0 radical (unpaired) electrons. The summed E-state index contributed by atoms with van der Waals surface area (Å²) >= 11 is 0. The van der Waals surface area contributed by atoms with E-state index < -0.39 is 0 Å². The van der Waals surface area contributed by atoms with E-state index in [1.54, 1.807) is 30.5 Å². The SMILES string of the molecule is C=CCn1c(C)c(/C=N\NC(=O)c2ccc(OCCC)cc2)c2ccccc21. The number of ether oxygens (including phenoxy) is 1. The van der Waals surface area contributed by atoms with Crippen molar-refractivity contribution in [2.75, 3.05) is 6.61 Å². The molecule has 1 aromatic heterocycles. The molecule has 0 aliphatic heterocycles. The fraction of sp³-hybridized carbons (Fsp3) is 0.217. The van der Waals surface area contributed by atoms with Crippen molar-refractivity contribution in [1.29, 1.82) is 0 Å². The first-order valence-corrected chi connectivity index (χ1v) is 9.40. The van der Waals surface area contributed by atoms with E-state index in [4.69, 9.17) is 4.74 Å². The van der Waals surface area contributed by atoms with E-state index in [9.17, 15) is 4.79 Å². The highest BCUT2D eigenvalue weighted by Crippen LogP contribution is 2.24. The molecule has 1 amide bonds. The maximum atomic E-state index is 12.3. The molecule has 0 bridgehead atoms. The molecule has 0 saturated carbocycles. The molecule has 0 atom stereocenters. The zero-order valence-corrected chi connectivity index (χ0v) is 16.3. The number of amides is 1. The van der Waals surface area contributed by atoms with Crippen molar-refractivity contribution in [2.45, 2.75) is 26.8 Å². The molecule has 1 heterocycles. The largest absolute Gasteiger partial charge is 0.494 e. The van der Waals surface area contributed by atoms with Gasteiger partial charge in [-0.05, 0) is 43.7 Å². The van der Waals surface area contributed by atoms with Crippen LogP contribution in [0, 0.1) is 6.92 Å². The number of hydrogen-bond acceptors (Lipinski definition) is 3. The number of allylic oxidation sites excluding steroid dienone is 1. The molecule has 0 spiro atoms. The van der Waals surface area contributed by atoms with Crippen LogP contribution in [0.4, 0.5) is 0 Å². The Hall–Kier alpha value is -3.34. The lowest BCUT2D eigenvalue weighted by molar-refractivity contribution is 0.0955. The molecule has 2 aromatic carbocycles. The van der Waals surface area contributed by atoms with Crippen LogP contribution in [-0.2, 0) is 6.54 Å².